The molecular weight excluding hydrogens is 250 g/mol. The molecule has 1 aromatic heterocycles. The summed E-state index contributed by atoms with van der Waals surface area (Å²) >= 11 is 0. The highest BCUT2D eigenvalue weighted by Gasteiger charge is 2.21. The van der Waals surface area contributed by atoms with Crippen LogP contribution in [0.25, 0.3) is 0 Å². The smallest absolute Gasteiger partial charge is 0.374 e. The number of rotatable bonds is 5. The second kappa shape index (κ2) is 5.30. The minimum Gasteiger partial charge on any atom is -0.457 e. The Hall–Kier alpha value is -1.38. The molecule has 0 aliphatic carbocycles. The lowest BCUT2D eigenvalue weighted by Crippen LogP contribution is -2.12. The van der Waals surface area contributed by atoms with E-state index in [1.807, 2.05) is 0 Å². The molecule has 2 N–H and O–H groups in total. The van der Waals surface area contributed by atoms with Crippen molar-refractivity contribution in [3.8, 4) is 0 Å². The third-order valence-corrected chi connectivity index (χ3v) is 2.92. The zero-order valence-corrected chi connectivity index (χ0v) is 10.2. The summed E-state index contributed by atoms with van der Waals surface area (Å²) < 4.78 is 36.6. The van der Waals surface area contributed by atoms with Gasteiger partial charge in [0, 0.05) is 13.2 Å². The van der Waals surface area contributed by atoms with Crippen molar-refractivity contribution < 1.29 is 27.1 Å². The van der Waals surface area contributed by atoms with Crippen LogP contribution in [-0.2, 0) is 19.5 Å². The zero-order chi connectivity index (χ0) is 13.1. The van der Waals surface area contributed by atoms with Crippen molar-refractivity contribution in [2.45, 2.75) is 11.8 Å². The number of sulfonamides is 1. The van der Waals surface area contributed by atoms with E-state index in [9.17, 15) is 13.2 Å². The van der Waals surface area contributed by atoms with E-state index in [0.717, 1.165) is 6.07 Å². The molecule has 0 saturated heterocycles. The molecule has 0 aliphatic rings. The molecule has 0 radical (unpaired) electrons. The number of esters is 1. The summed E-state index contributed by atoms with van der Waals surface area (Å²) in [6.45, 7) is 1.69. The first-order valence-corrected chi connectivity index (χ1v) is 6.20. The Kier molecular flexibility index (Phi) is 4.27. The summed E-state index contributed by atoms with van der Waals surface area (Å²) in [5.74, 6) is -0.922. The number of carbonyl (C=O) groups is 1. The molecule has 1 aromatic rings. The maximum absolute atomic E-state index is 11.4. The van der Waals surface area contributed by atoms with E-state index >= 15 is 0 Å². The van der Waals surface area contributed by atoms with Gasteiger partial charge < -0.3 is 13.9 Å². The van der Waals surface area contributed by atoms with Crippen molar-refractivity contribution in [3.05, 3.63) is 17.6 Å². The van der Waals surface area contributed by atoms with Gasteiger partial charge in [-0.3, -0.25) is 0 Å². The molecule has 0 unspecified atom stereocenters. The topological polar surface area (TPSA) is 109 Å². The van der Waals surface area contributed by atoms with Crippen LogP contribution in [0.3, 0.4) is 0 Å². The SMILES string of the molecule is COCCOC(=O)c1cc(S(N)(=O)=O)c(C)o1. The minimum atomic E-state index is -3.90. The molecular formula is C9H13NO6S. The van der Waals surface area contributed by atoms with Crippen LogP contribution < -0.4 is 5.14 Å². The average molecular weight is 263 g/mol. The van der Waals surface area contributed by atoms with Crippen molar-refractivity contribution in [3.63, 3.8) is 0 Å². The van der Waals surface area contributed by atoms with E-state index < -0.39 is 16.0 Å². The van der Waals surface area contributed by atoms with Gasteiger partial charge in [-0.25, -0.2) is 18.4 Å². The highest BCUT2D eigenvalue weighted by atomic mass is 32.2. The van der Waals surface area contributed by atoms with Gasteiger partial charge in [0.25, 0.3) is 0 Å². The summed E-state index contributed by atoms with van der Waals surface area (Å²) in [4.78, 5) is 11.2. The lowest BCUT2D eigenvalue weighted by molar-refractivity contribution is 0.0353. The van der Waals surface area contributed by atoms with Crippen LogP contribution in [0.15, 0.2) is 15.4 Å². The normalized spacial score (nSPS) is 11.5. The van der Waals surface area contributed by atoms with E-state index in [-0.39, 0.29) is 29.6 Å². The Morgan fingerprint density at radius 2 is 2.12 bits per heavy atom. The quantitative estimate of drug-likeness (QED) is 0.593. The number of hydrogen-bond acceptors (Lipinski definition) is 6. The fourth-order valence-corrected chi connectivity index (χ4v) is 1.85. The average Bonchev–Trinajstić information content (AvgIpc) is 2.60. The van der Waals surface area contributed by atoms with Gasteiger partial charge in [-0.1, -0.05) is 0 Å². The number of primary sulfonamides is 1. The third kappa shape index (κ3) is 3.55. The summed E-state index contributed by atoms with van der Waals surface area (Å²) in [7, 11) is -2.44. The first-order valence-electron chi connectivity index (χ1n) is 4.65. The Bertz CT molecular complexity index is 504. The molecule has 0 fully saturated rings. The third-order valence-electron chi connectivity index (χ3n) is 1.90. The summed E-state index contributed by atoms with van der Waals surface area (Å²) in [5, 5.41) is 4.93. The number of furan rings is 1. The van der Waals surface area contributed by atoms with Crippen molar-refractivity contribution in [1.82, 2.24) is 0 Å². The van der Waals surface area contributed by atoms with Crippen LogP contribution >= 0.6 is 0 Å². The van der Waals surface area contributed by atoms with Gasteiger partial charge in [0.15, 0.2) is 0 Å². The van der Waals surface area contributed by atoms with Crippen LogP contribution in [0.5, 0.6) is 0 Å². The predicted octanol–water partition coefficient (Wildman–Crippen LogP) is 0.0386. The number of ether oxygens (including phenoxy) is 2. The van der Waals surface area contributed by atoms with Gasteiger partial charge in [-0.05, 0) is 6.92 Å². The largest absolute Gasteiger partial charge is 0.457 e. The molecule has 96 valence electrons. The van der Waals surface area contributed by atoms with Crippen molar-refractivity contribution in [1.29, 1.82) is 0 Å². The lowest BCUT2D eigenvalue weighted by atomic mass is 10.4. The van der Waals surface area contributed by atoms with Crippen molar-refractivity contribution in [2.24, 2.45) is 5.14 Å². The maximum atomic E-state index is 11.4. The number of hydrogen-bond donors (Lipinski definition) is 1. The Balaban J connectivity index is 2.83. The second-order valence-corrected chi connectivity index (χ2v) is 4.73. The van der Waals surface area contributed by atoms with Gasteiger partial charge in [0.1, 0.15) is 17.3 Å². The molecule has 1 heterocycles. The molecule has 0 aromatic carbocycles. The number of aryl methyl sites for hydroxylation is 1. The Labute approximate surface area is 98.5 Å². The number of nitrogens with two attached hydrogens (primary N) is 1. The summed E-state index contributed by atoms with van der Waals surface area (Å²) in [6.07, 6.45) is 0. The van der Waals surface area contributed by atoms with Crippen LogP contribution in [0.1, 0.15) is 16.3 Å². The van der Waals surface area contributed by atoms with Gasteiger partial charge in [-0.15, -0.1) is 0 Å². The van der Waals surface area contributed by atoms with Crippen LogP contribution in [0.4, 0.5) is 0 Å². The molecule has 0 bridgehead atoms. The van der Waals surface area contributed by atoms with Crippen LogP contribution in [0.2, 0.25) is 0 Å². The van der Waals surface area contributed by atoms with E-state index in [4.69, 9.17) is 14.3 Å². The van der Waals surface area contributed by atoms with Gasteiger partial charge >= 0.3 is 5.97 Å². The van der Waals surface area contributed by atoms with Crippen LogP contribution in [-0.4, -0.2) is 34.7 Å². The molecule has 8 heteroatoms. The minimum absolute atomic E-state index is 0.0474. The standard InChI is InChI=1S/C9H13NO6S/c1-6-8(17(10,12)13)5-7(16-6)9(11)15-4-3-14-2/h5H,3-4H2,1-2H3,(H2,10,12,13). The molecule has 0 spiro atoms. The first kappa shape index (κ1) is 13.7. The fraction of sp³-hybridized carbons (Fsp3) is 0.444. The van der Waals surface area contributed by atoms with E-state index in [1.54, 1.807) is 0 Å². The van der Waals surface area contributed by atoms with Crippen molar-refractivity contribution >= 4 is 16.0 Å². The molecule has 0 atom stereocenters. The second-order valence-electron chi connectivity index (χ2n) is 3.20. The zero-order valence-electron chi connectivity index (χ0n) is 9.43. The maximum Gasteiger partial charge on any atom is 0.374 e. The summed E-state index contributed by atoms with van der Waals surface area (Å²) in [6, 6.07) is 1.04. The monoisotopic (exact) mass is 263 g/mol. The molecule has 0 saturated carbocycles. The van der Waals surface area contributed by atoms with Gasteiger partial charge in [0.05, 0.1) is 6.61 Å². The van der Waals surface area contributed by atoms with Gasteiger partial charge in [-0.2, -0.15) is 0 Å². The lowest BCUT2D eigenvalue weighted by Gasteiger charge is -2.00. The first-order chi connectivity index (χ1) is 7.86. The van der Waals surface area contributed by atoms with Crippen LogP contribution in [0, 0.1) is 6.92 Å². The highest BCUT2D eigenvalue weighted by molar-refractivity contribution is 7.89. The van der Waals surface area contributed by atoms with E-state index in [1.165, 1.54) is 14.0 Å². The van der Waals surface area contributed by atoms with Gasteiger partial charge in [0.2, 0.25) is 15.8 Å². The fourth-order valence-electron chi connectivity index (χ4n) is 1.14. The van der Waals surface area contributed by atoms with E-state index in [0.29, 0.717) is 0 Å². The number of carbonyl (C=O) groups excluding carboxylic acids is 1. The molecule has 1 rings (SSSR count). The Morgan fingerprint density at radius 3 is 2.59 bits per heavy atom. The molecule has 0 amide bonds. The molecule has 17 heavy (non-hydrogen) atoms. The molecule has 0 aliphatic heterocycles. The Morgan fingerprint density at radius 1 is 1.47 bits per heavy atom. The molecule has 7 nitrogen and oxygen atoms in total. The predicted molar refractivity (Wildman–Crippen MR) is 57.0 cm³/mol. The number of methoxy groups -OCH3 is 1. The summed E-state index contributed by atoms with van der Waals surface area (Å²) in [5.41, 5.74) is 0. The highest BCUT2D eigenvalue weighted by Crippen LogP contribution is 2.19. The van der Waals surface area contributed by atoms with Crippen molar-refractivity contribution in [2.75, 3.05) is 20.3 Å². The van der Waals surface area contributed by atoms with E-state index in [2.05, 4.69) is 4.74 Å².